The first kappa shape index (κ1) is 16.5. The molecule has 1 aromatic rings. The van der Waals surface area contributed by atoms with Crippen molar-refractivity contribution >= 4 is 10.0 Å². The molecule has 0 saturated heterocycles. The number of hydrogen-bond acceptors (Lipinski definition) is 4. The molecule has 0 amide bonds. The zero-order chi connectivity index (χ0) is 15.3. The predicted molar refractivity (Wildman–Crippen MR) is 81.5 cm³/mol. The van der Waals surface area contributed by atoms with Crippen molar-refractivity contribution in [1.29, 1.82) is 0 Å². The molecule has 0 aromatic carbocycles. The third-order valence-corrected chi connectivity index (χ3v) is 5.09. The average molecular weight is 315 g/mol. The van der Waals surface area contributed by atoms with Gasteiger partial charge in [-0.15, -0.1) is 0 Å². The van der Waals surface area contributed by atoms with Gasteiger partial charge in [0.25, 0.3) is 0 Å². The monoisotopic (exact) mass is 315 g/mol. The Morgan fingerprint density at radius 1 is 1.38 bits per heavy atom. The molecule has 1 saturated carbocycles. The Labute approximate surface area is 126 Å². The highest BCUT2D eigenvalue weighted by Crippen LogP contribution is 2.25. The number of ether oxygens (including phenoxy) is 1. The van der Waals surface area contributed by atoms with Gasteiger partial charge in [-0.2, -0.15) is 0 Å². The van der Waals surface area contributed by atoms with Crippen molar-refractivity contribution in [3.63, 3.8) is 0 Å². The summed E-state index contributed by atoms with van der Waals surface area (Å²) in [6.45, 7) is 6.29. The molecule has 7 heteroatoms. The van der Waals surface area contributed by atoms with Gasteiger partial charge in [0.05, 0.1) is 11.0 Å². The molecule has 21 heavy (non-hydrogen) atoms. The van der Waals surface area contributed by atoms with Crippen LogP contribution in [0.2, 0.25) is 0 Å². The fourth-order valence-corrected chi connectivity index (χ4v) is 3.68. The highest BCUT2D eigenvalue weighted by molar-refractivity contribution is 7.89. The summed E-state index contributed by atoms with van der Waals surface area (Å²) in [6, 6.07) is 1.67. The second-order valence-electron chi connectivity index (χ2n) is 5.40. The highest BCUT2D eigenvalue weighted by atomic mass is 32.2. The van der Waals surface area contributed by atoms with Gasteiger partial charge in [-0.1, -0.05) is 6.92 Å². The first-order valence-corrected chi connectivity index (χ1v) is 9.05. The van der Waals surface area contributed by atoms with Gasteiger partial charge in [-0.3, -0.25) is 0 Å². The number of H-pyrrole nitrogens is 1. The van der Waals surface area contributed by atoms with E-state index in [1.165, 1.54) is 0 Å². The zero-order valence-electron chi connectivity index (χ0n) is 12.7. The molecular formula is C14H25N3O3S. The molecule has 120 valence electrons. The van der Waals surface area contributed by atoms with Crippen LogP contribution in [0.3, 0.4) is 0 Å². The predicted octanol–water partition coefficient (Wildman–Crippen LogP) is 1.36. The Morgan fingerprint density at radius 3 is 2.81 bits per heavy atom. The van der Waals surface area contributed by atoms with Crippen LogP contribution in [0.15, 0.2) is 17.2 Å². The molecule has 1 aromatic heterocycles. The number of aromatic nitrogens is 1. The maximum absolute atomic E-state index is 12.3. The second kappa shape index (κ2) is 7.40. The van der Waals surface area contributed by atoms with E-state index in [9.17, 15) is 8.42 Å². The maximum Gasteiger partial charge on any atom is 0.242 e. The van der Waals surface area contributed by atoms with Gasteiger partial charge >= 0.3 is 0 Å². The van der Waals surface area contributed by atoms with Crippen molar-refractivity contribution in [2.75, 3.05) is 13.2 Å². The summed E-state index contributed by atoms with van der Waals surface area (Å²) in [5.74, 6) is 0. The quantitative estimate of drug-likeness (QED) is 0.601. The van der Waals surface area contributed by atoms with Crippen molar-refractivity contribution in [2.45, 2.75) is 56.7 Å². The topological polar surface area (TPSA) is 83.2 Å². The molecule has 0 unspecified atom stereocenters. The maximum atomic E-state index is 12.3. The van der Waals surface area contributed by atoms with Crippen LogP contribution in [0, 0.1) is 0 Å². The zero-order valence-corrected chi connectivity index (χ0v) is 13.5. The van der Waals surface area contributed by atoms with E-state index in [1.54, 1.807) is 12.3 Å². The van der Waals surface area contributed by atoms with Gasteiger partial charge in [0.2, 0.25) is 10.0 Å². The Morgan fingerprint density at radius 2 is 2.14 bits per heavy atom. The smallest absolute Gasteiger partial charge is 0.242 e. The van der Waals surface area contributed by atoms with E-state index in [1.807, 2.05) is 6.92 Å². The minimum atomic E-state index is -3.43. The summed E-state index contributed by atoms with van der Waals surface area (Å²) in [5.41, 5.74) is 0.879. The van der Waals surface area contributed by atoms with Crippen molar-refractivity contribution in [3.05, 3.63) is 18.0 Å². The largest absolute Gasteiger partial charge is 0.378 e. The Bertz CT molecular complexity index is 535. The molecule has 0 bridgehead atoms. The standard InChI is InChI=1S/C14H25N3O3S/c1-3-5-15-9-12-8-14(10-16-12)21(18,19)17-11-6-13(7-11)20-4-2/h8,10-11,13,15-17H,3-7,9H2,1-2H3. The number of hydrogen-bond donors (Lipinski definition) is 3. The number of aromatic amines is 1. The van der Waals surface area contributed by atoms with Crippen molar-refractivity contribution < 1.29 is 13.2 Å². The second-order valence-corrected chi connectivity index (χ2v) is 7.12. The van der Waals surface area contributed by atoms with E-state index < -0.39 is 10.0 Å². The highest BCUT2D eigenvalue weighted by Gasteiger charge is 2.33. The Kier molecular flexibility index (Phi) is 5.80. The summed E-state index contributed by atoms with van der Waals surface area (Å²) >= 11 is 0. The third-order valence-electron chi connectivity index (χ3n) is 3.59. The fraction of sp³-hybridized carbons (Fsp3) is 0.714. The van der Waals surface area contributed by atoms with E-state index in [4.69, 9.17) is 4.74 Å². The molecular weight excluding hydrogens is 290 g/mol. The average Bonchev–Trinajstić information content (AvgIpc) is 2.86. The molecule has 1 fully saturated rings. The van der Waals surface area contributed by atoms with Crippen LogP contribution in [0.25, 0.3) is 0 Å². The van der Waals surface area contributed by atoms with Crippen LogP contribution in [-0.4, -0.2) is 38.7 Å². The van der Waals surface area contributed by atoms with E-state index in [-0.39, 0.29) is 12.1 Å². The van der Waals surface area contributed by atoms with Gasteiger partial charge in [0, 0.05) is 31.1 Å². The van der Waals surface area contributed by atoms with Crippen LogP contribution in [0.5, 0.6) is 0 Å². The van der Waals surface area contributed by atoms with Crippen molar-refractivity contribution in [2.24, 2.45) is 0 Å². The molecule has 3 N–H and O–H groups in total. The molecule has 1 heterocycles. The summed E-state index contributed by atoms with van der Waals surface area (Å²) in [5, 5.41) is 3.24. The summed E-state index contributed by atoms with van der Waals surface area (Å²) < 4.78 is 32.7. The lowest BCUT2D eigenvalue weighted by atomic mass is 9.90. The minimum Gasteiger partial charge on any atom is -0.378 e. The van der Waals surface area contributed by atoms with Crippen LogP contribution < -0.4 is 10.0 Å². The molecule has 1 aliphatic carbocycles. The molecule has 0 aliphatic heterocycles. The summed E-state index contributed by atoms with van der Waals surface area (Å²) in [7, 11) is -3.43. The van der Waals surface area contributed by atoms with E-state index in [2.05, 4.69) is 21.9 Å². The first-order chi connectivity index (χ1) is 10.0. The van der Waals surface area contributed by atoms with Crippen LogP contribution in [0.4, 0.5) is 0 Å². The fourth-order valence-electron chi connectivity index (χ4n) is 2.40. The number of sulfonamides is 1. The van der Waals surface area contributed by atoms with Crippen LogP contribution >= 0.6 is 0 Å². The number of nitrogens with one attached hydrogen (secondary N) is 3. The Hall–Kier alpha value is -0.890. The SMILES string of the molecule is CCCNCc1cc(S(=O)(=O)NC2CC(OCC)C2)c[nH]1. The third kappa shape index (κ3) is 4.54. The lowest BCUT2D eigenvalue weighted by Crippen LogP contribution is -2.47. The summed E-state index contributed by atoms with van der Waals surface area (Å²) in [4.78, 5) is 3.30. The first-order valence-electron chi connectivity index (χ1n) is 7.57. The lowest BCUT2D eigenvalue weighted by molar-refractivity contribution is -0.00475. The normalized spacial score (nSPS) is 22.2. The molecule has 2 rings (SSSR count). The van der Waals surface area contributed by atoms with Crippen molar-refractivity contribution in [1.82, 2.24) is 15.0 Å². The van der Waals surface area contributed by atoms with Crippen LogP contribution in [0.1, 0.15) is 38.8 Å². The molecule has 1 aliphatic rings. The van der Waals surface area contributed by atoms with Crippen molar-refractivity contribution in [3.8, 4) is 0 Å². The summed E-state index contributed by atoms with van der Waals surface area (Å²) in [6.07, 6.45) is 4.30. The molecule has 0 atom stereocenters. The minimum absolute atomic E-state index is 0.0110. The molecule has 6 nitrogen and oxygen atoms in total. The van der Waals surface area contributed by atoms with Gasteiger partial charge in [0.15, 0.2) is 0 Å². The van der Waals surface area contributed by atoms with E-state index in [0.717, 1.165) is 31.5 Å². The van der Waals surface area contributed by atoms with Gasteiger partial charge < -0.3 is 15.0 Å². The molecule has 0 radical (unpaired) electrons. The van der Waals surface area contributed by atoms with E-state index in [0.29, 0.717) is 18.0 Å². The Balaban J connectivity index is 1.85. The van der Waals surface area contributed by atoms with Gasteiger partial charge in [-0.25, -0.2) is 13.1 Å². The number of rotatable bonds is 9. The van der Waals surface area contributed by atoms with Crippen LogP contribution in [-0.2, 0) is 21.3 Å². The van der Waals surface area contributed by atoms with Gasteiger partial charge in [-0.05, 0) is 38.8 Å². The van der Waals surface area contributed by atoms with Gasteiger partial charge in [0.1, 0.15) is 0 Å². The molecule has 0 spiro atoms. The lowest BCUT2D eigenvalue weighted by Gasteiger charge is -2.34. The van der Waals surface area contributed by atoms with E-state index >= 15 is 0 Å².